The van der Waals surface area contributed by atoms with Crippen molar-refractivity contribution in [1.82, 2.24) is 101 Å². The number of hydrogen-bond donors (Lipinski definition) is 3. The molecule has 0 unspecified atom stereocenters. The number of imidazole rings is 1. The zero-order valence-corrected chi connectivity index (χ0v) is 80.4. The van der Waals surface area contributed by atoms with Gasteiger partial charge in [-0.3, -0.25) is 24.7 Å². The topological polar surface area (TPSA) is 259 Å². The van der Waals surface area contributed by atoms with Gasteiger partial charge < -0.3 is 4.98 Å². The van der Waals surface area contributed by atoms with Crippen molar-refractivity contribution >= 4 is 0 Å². The van der Waals surface area contributed by atoms with E-state index in [9.17, 15) is 0 Å². The van der Waals surface area contributed by atoms with Crippen molar-refractivity contribution in [1.29, 1.82) is 0 Å². The van der Waals surface area contributed by atoms with Crippen LogP contribution in [0.2, 0.25) is 0 Å². The van der Waals surface area contributed by atoms with Gasteiger partial charge in [0.05, 0.1) is 23.9 Å². The fourth-order valence-corrected chi connectivity index (χ4v) is 3.92. The van der Waals surface area contributed by atoms with Gasteiger partial charge in [0.25, 0.3) is 0 Å². The van der Waals surface area contributed by atoms with Gasteiger partial charge in [-0.1, -0.05) is 326 Å². The largest absolute Gasteiger partial charge is 0.351 e. The maximum Gasteiger partial charge on any atom is 0.153 e. The standard InChI is InChI=1S/2C6H11N3.C6H10N2.C6H6.C5H5N.3C4H4N2.7C4H10.C3H3N3.C3H4N2.8C2H6/c1-4(2)6-7-5(3)8-9-6;1-4(2)6-5(3)7-9-8-6;1-6(2)8-5-3-4-7-8;2*1-2-4-6-5-3-1;1-2-6-4-3-5-1;1-2-5-4-6-3-1;1-2-4-6-5-3-1;7*1-4(2)3;1-2-5-6-3-4-1;1-2-5-3-4-1;8*1-2/h2*4H,1-3H3,(H,7,8,9);3-6H,1-2H3;1-6H;1-5H;3*1-4H;7*4H,1-3H3;1-3H;1-3H,(H,4,5);8*1-2H3. The molecule has 0 atom stereocenters. The number of aromatic amines is 3. The highest BCUT2D eigenvalue weighted by Crippen LogP contribution is 2.12. The lowest BCUT2D eigenvalue weighted by atomic mass is 10.1. The molecule has 0 fully saturated rings. The molecule has 1 aromatic carbocycles. The number of hydrogen-bond acceptors (Lipinski definition) is 16. The smallest absolute Gasteiger partial charge is 0.153 e. The van der Waals surface area contributed by atoms with Crippen LogP contribution in [-0.4, -0.2) is 101 Å². The minimum absolute atomic E-state index is 0.426. The number of aryl methyl sites for hydroxylation is 2. The number of nitrogens with zero attached hydrogens (tertiary/aromatic N) is 17. The number of pyridine rings is 1. The number of benzene rings is 1. The van der Waals surface area contributed by atoms with E-state index in [1.807, 2.05) is 208 Å². The average Bonchev–Trinajstić information content (AvgIpc) is 1.79. The summed E-state index contributed by atoms with van der Waals surface area (Å²) in [6.45, 7) is 93.9. The second-order valence-electron chi connectivity index (χ2n) is 25.5. The molecule has 10 rings (SSSR count). The van der Waals surface area contributed by atoms with Crippen molar-refractivity contribution in [3.63, 3.8) is 0 Å². The van der Waals surface area contributed by atoms with Crippen molar-refractivity contribution < 1.29 is 0 Å². The summed E-state index contributed by atoms with van der Waals surface area (Å²) < 4.78 is 1.92. The Morgan fingerprint density at radius 2 is 0.613 bits per heavy atom. The first-order valence-corrected chi connectivity index (χ1v) is 41.1. The van der Waals surface area contributed by atoms with Gasteiger partial charge in [-0.25, -0.2) is 24.9 Å². The molecule has 20 nitrogen and oxygen atoms in total. The summed E-state index contributed by atoms with van der Waals surface area (Å²) in [7, 11) is 0. The molecular formula is C91H180N20. The molecule has 9 heterocycles. The molecule has 0 saturated carbocycles. The van der Waals surface area contributed by atoms with Crippen molar-refractivity contribution in [2.24, 2.45) is 41.4 Å². The average molecular weight is 1550 g/mol. The van der Waals surface area contributed by atoms with E-state index >= 15 is 0 Å². The van der Waals surface area contributed by atoms with E-state index in [0.717, 1.165) is 64.5 Å². The molecule has 0 spiro atoms. The Morgan fingerprint density at radius 1 is 0.288 bits per heavy atom. The van der Waals surface area contributed by atoms with E-state index < -0.39 is 0 Å². The monoisotopic (exact) mass is 1550 g/mol. The molecule has 10 aromatic rings. The SMILES string of the molecule is CC.CC.CC.CC.CC.CC.CC.CC.CC(C)C.CC(C)C.CC(C)C.CC(C)C.CC(C)C.CC(C)C.CC(C)C.CC(C)n1cccn1.Cc1n[nH]nc1C(C)C.Cc1nc(C(C)C)n[nH]1.c1c[nH]cn1.c1ccccc1.c1ccncc1.c1ccnnc1.c1cnccn1.c1cncnc1.c1cnncn1. The van der Waals surface area contributed by atoms with E-state index in [1.165, 1.54) is 18.9 Å². The third-order valence-electron chi connectivity index (χ3n) is 6.97. The fraction of sp³-hybridized carbons (Fsp3) is 0.604. The zero-order chi connectivity index (χ0) is 89.7. The molecule has 644 valence electrons. The van der Waals surface area contributed by atoms with Gasteiger partial charge in [0, 0.05) is 105 Å². The second kappa shape index (κ2) is 134. The minimum Gasteiger partial charge on any atom is -0.351 e. The van der Waals surface area contributed by atoms with Gasteiger partial charge in [0.1, 0.15) is 18.5 Å². The number of rotatable bonds is 3. The third-order valence-corrected chi connectivity index (χ3v) is 6.97. The quantitative estimate of drug-likeness (QED) is 0.149. The predicted octanol–water partition coefficient (Wildman–Crippen LogP) is 28.3. The summed E-state index contributed by atoms with van der Waals surface area (Å²) in [6.07, 6.45) is 31.5. The van der Waals surface area contributed by atoms with Crippen molar-refractivity contribution in [2.75, 3.05) is 0 Å². The summed E-state index contributed by atoms with van der Waals surface area (Å²) in [6, 6.07) is 25.6. The third kappa shape index (κ3) is 202. The zero-order valence-electron chi connectivity index (χ0n) is 80.4. The summed E-state index contributed by atoms with van der Waals surface area (Å²) in [5.41, 5.74) is 2.07. The van der Waals surface area contributed by atoms with Crippen LogP contribution >= 0.6 is 0 Å². The fourth-order valence-electron chi connectivity index (χ4n) is 3.92. The van der Waals surface area contributed by atoms with E-state index in [4.69, 9.17) is 0 Å². The summed E-state index contributed by atoms with van der Waals surface area (Å²) >= 11 is 0. The lowest BCUT2D eigenvalue weighted by Crippen LogP contribution is -1.99. The molecule has 111 heavy (non-hydrogen) atoms. The first-order valence-electron chi connectivity index (χ1n) is 41.1. The van der Waals surface area contributed by atoms with Gasteiger partial charge >= 0.3 is 0 Å². The molecule has 0 amide bonds. The van der Waals surface area contributed by atoms with Crippen molar-refractivity contribution in [2.45, 2.75) is 329 Å². The summed E-state index contributed by atoms with van der Waals surface area (Å²) in [5, 5.41) is 35.2. The van der Waals surface area contributed by atoms with Gasteiger partial charge in [0.15, 0.2) is 5.82 Å². The first-order chi connectivity index (χ1) is 52.8. The number of H-pyrrole nitrogens is 3. The summed E-state index contributed by atoms with van der Waals surface area (Å²) in [5.74, 6) is 8.52. The number of nitrogens with one attached hydrogen (secondary N) is 3. The highest BCUT2D eigenvalue weighted by atomic mass is 15.3. The van der Waals surface area contributed by atoms with Crippen LogP contribution in [0.3, 0.4) is 0 Å². The van der Waals surface area contributed by atoms with Gasteiger partial charge in [0.2, 0.25) is 0 Å². The Kier molecular flexibility index (Phi) is 166. The lowest BCUT2D eigenvalue weighted by Gasteiger charge is -2.01. The molecule has 0 aliphatic carbocycles. The second-order valence-corrected chi connectivity index (χ2v) is 25.5. The van der Waals surface area contributed by atoms with Crippen LogP contribution < -0.4 is 0 Å². The van der Waals surface area contributed by atoms with Gasteiger partial charge in [-0.05, 0) is 111 Å². The van der Waals surface area contributed by atoms with E-state index in [2.05, 4.69) is 283 Å². The molecule has 9 aromatic heterocycles. The van der Waals surface area contributed by atoms with Crippen LogP contribution in [0, 0.1) is 55.3 Å². The van der Waals surface area contributed by atoms with Crippen LogP contribution in [0.1, 0.15) is 339 Å². The van der Waals surface area contributed by atoms with Crippen LogP contribution in [0.15, 0.2) is 197 Å². The van der Waals surface area contributed by atoms with E-state index in [0.29, 0.717) is 17.9 Å². The van der Waals surface area contributed by atoms with Crippen molar-refractivity contribution in [3.05, 3.63) is 220 Å². The summed E-state index contributed by atoms with van der Waals surface area (Å²) in [4.78, 5) is 32.7. The molecule has 0 radical (unpaired) electrons. The van der Waals surface area contributed by atoms with Crippen LogP contribution in [0.5, 0.6) is 0 Å². The first kappa shape index (κ1) is 138. The van der Waals surface area contributed by atoms with Crippen molar-refractivity contribution in [3.8, 4) is 0 Å². The molecule has 3 N–H and O–H groups in total. The van der Waals surface area contributed by atoms with Crippen LogP contribution in [-0.2, 0) is 0 Å². The maximum absolute atomic E-state index is 4.14. The molecule has 20 heteroatoms. The Hall–Kier alpha value is -8.68. The Balaban J connectivity index is -0.0000000675. The highest BCUT2D eigenvalue weighted by molar-refractivity contribution is 5.09. The predicted molar refractivity (Wildman–Crippen MR) is 493 cm³/mol. The molecular weight excluding hydrogens is 1370 g/mol. The van der Waals surface area contributed by atoms with Gasteiger partial charge in [-0.2, -0.15) is 40.9 Å². The molecule has 0 aliphatic rings. The lowest BCUT2D eigenvalue weighted by molar-refractivity contribution is 0.532. The molecule has 0 saturated heterocycles. The maximum atomic E-state index is 4.14. The van der Waals surface area contributed by atoms with E-state index in [-0.39, 0.29) is 0 Å². The van der Waals surface area contributed by atoms with Gasteiger partial charge in [-0.15, -0.1) is 5.10 Å². The highest BCUT2D eigenvalue weighted by Gasteiger charge is 2.05. The minimum atomic E-state index is 0.426. The molecule has 0 bridgehead atoms. The Morgan fingerprint density at radius 3 is 0.730 bits per heavy atom. The molecule has 0 aliphatic heterocycles. The Bertz CT molecular complexity index is 2230. The normalized spacial score (nSPS) is 8.14. The number of aromatic nitrogens is 20. The Labute approximate surface area is 688 Å². The van der Waals surface area contributed by atoms with E-state index in [1.54, 1.807) is 99.1 Å². The van der Waals surface area contributed by atoms with Crippen LogP contribution in [0.4, 0.5) is 0 Å². The van der Waals surface area contributed by atoms with Crippen LogP contribution in [0.25, 0.3) is 0 Å².